The van der Waals surface area contributed by atoms with Crippen molar-refractivity contribution in [3.05, 3.63) is 35.9 Å². The number of carbonyl (C=O) groups excluding carboxylic acids is 2. The van der Waals surface area contributed by atoms with Crippen molar-refractivity contribution in [1.29, 1.82) is 0 Å². The van der Waals surface area contributed by atoms with Crippen LogP contribution in [0.3, 0.4) is 0 Å². The molecule has 3 aliphatic rings. The number of cyclic esters (lactones) is 1. The van der Waals surface area contributed by atoms with Crippen LogP contribution in [0.5, 0.6) is 0 Å². The molecule has 1 aromatic rings. The molecule has 8 nitrogen and oxygen atoms in total. The summed E-state index contributed by atoms with van der Waals surface area (Å²) in [6.07, 6.45) is 5.53. The van der Waals surface area contributed by atoms with Crippen LogP contribution in [0.15, 0.2) is 30.3 Å². The maximum Gasteiger partial charge on any atom is 0.410 e. The Morgan fingerprint density at radius 3 is 2.43 bits per heavy atom. The highest BCUT2D eigenvalue weighted by molar-refractivity contribution is 5.71. The molecule has 0 aromatic heterocycles. The normalized spacial score (nSPS) is 29.4. The molecule has 0 radical (unpaired) electrons. The highest BCUT2D eigenvalue weighted by Crippen LogP contribution is 2.35. The van der Waals surface area contributed by atoms with Gasteiger partial charge in [-0.15, -0.1) is 0 Å². The molecule has 1 aromatic carbocycles. The first-order valence-corrected chi connectivity index (χ1v) is 13.0. The lowest BCUT2D eigenvalue weighted by atomic mass is 9.78. The second-order valence-electron chi connectivity index (χ2n) is 11.0. The third-order valence-electron chi connectivity index (χ3n) is 7.24. The molecule has 2 aliphatic heterocycles. The Kier molecular flexibility index (Phi) is 8.22. The molecular formula is C27H40N2O6. The molecule has 3 fully saturated rings. The minimum absolute atomic E-state index is 0.113. The number of amides is 2. The maximum atomic E-state index is 13.1. The molecular weight excluding hydrogens is 448 g/mol. The molecule has 2 amide bonds. The Hall–Kier alpha value is -2.32. The van der Waals surface area contributed by atoms with E-state index in [2.05, 4.69) is 17.4 Å². The average molecular weight is 489 g/mol. The summed E-state index contributed by atoms with van der Waals surface area (Å²) in [6.45, 7) is 7.52. The summed E-state index contributed by atoms with van der Waals surface area (Å²) in [5.74, 6) is 0. The third kappa shape index (κ3) is 6.88. The lowest BCUT2D eigenvalue weighted by Crippen LogP contribution is -2.70. The molecule has 1 spiro atoms. The average Bonchev–Trinajstić information content (AvgIpc) is 2.82. The first-order chi connectivity index (χ1) is 16.7. The van der Waals surface area contributed by atoms with Gasteiger partial charge in [-0.25, -0.2) is 9.59 Å². The molecule has 2 saturated heterocycles. The van der Waals surface area contributed by atoms with Crippen molar-refractivity contribution in [2.45, 2.75) is 102 Å². The molecule has 2 heterocycles. The van der Waals surface area contributed by atoms with Crippen LogP contribution in [0.2, 0.25) is 0 Å². The number of carbonyl (C=O) groups is 2. The van der Waals surface area contributed by atoms with Gasteiger partial charge in [-0.3, -0.25) is 0 Å². The van der Waals surface area contributed by atoms with Crippen LogP contribution in [-0.4, -0.2) is 66.2 Å². The van der Waals surface area contributed by atoms with Gasteiger partial charge in [0.25, 0.3) is 0 Å². The zero-order chi connectivity index (χ0) is 24.9. The molecule has 0 bridgehead atoms. The van der Waals surface area contributed by atoms with Gasteiger partial charge in [-0.1, -0.05) is 30.3 Å². The summed E-state index contributed by atoms with van der Waals surface area (Å²) in [7, 11) is 0. The number of ether oxygens (including phenoxy) is 4. The fourth-order valence-electron chi connectivity index (χ4n) is 5.42. The van der Waals surface area contributed by atoms with E-state index in [1.807, 2.05) is 39.0 Å². The van der Waals surface area contributed by atoms with Crippen LogP contribution in [0, 0.1) is 0 Å². The summed E-state index contributed by atoms with van der Waals surface area (Å²) in [5.41, 5.74) is 0.0409. The zero-order valence-electron chi connectivity index (χ0n) is 21.3. The molecule has 4 rings (SSSR count). The van der Waals surface area contributed by atoms with Gasteiger partial charge in [0.2, 0.25) is 0 Å². The second-order valence-corrected chi connectivity index (χ2v) is 11.0. The fraction of sp³-hybridized carbons (Fsp3) is 0.704. The van der Waals surface area contributed by atoms with E-state index in [1.54, 1.807) is 4.90 Å². The number of nitrogens with one attached hydrogen (secondary N) is 1. The molecule has 1 aliphatic carbocycles. The van der Waals surface area contributed by atoms with Gasteiger partial charge in [-0.2, -0.15) is 0 Å². The van der Waals surface area contributed by atoms with Gasteiger partial charge in [-0.05, 0) is 64.9 Å². The Morgan fingerprint density at radius 1 is 1.09 bits per heavy atom. The number of hydrogen-bond donors (Lipinski definition) is 1. The van der Waals surface area contributed by atoms with Crippen LogP contribution >= 0.6 is 0 Å². The van der Waals surface area contributed by atoms with Gasteiger partial charge in [0.15, 0.2) is 0 Å². The molecule has 0 unspecified atom stereocenters. The van der Waals surface area contributed by atoms with Gasteiger partial charge in [0.05, 0.1) is 43.6 Å². The number of benzene rings is 1. The molecule has 35 heavy (non-hydrogen) atoms. The number of alkyl carbamates (subject to hydrolysis) is 1. The van der Waals surface area contributed by atoms with Gasteiger partial charge in [0.1, 0.15) is 5.60 Å². The number of hydrogen-bond acceptors (Lipinski definition) is 6. The van der Waals surface area contributed by atoms with Crippen molar-refractivity contribution in [3.63, 3.8) is 0 Å². The predicted octanol–water partition coefficient (Wildman–Crippen LogP) is 4.80. The summed E-state index contributed by atoms with van der Waals surface area (Å²) in [4.78, 5) is 27.0. The number of rotatable bonds is 6. The minimum atomic E-state index is -0.593. The van der Waals surface area contributed by atoms with E-state index in [4.69, 9.17) is 18.9 Å². The van der Waals surface area contributed by atoms with Gasteiger partial charge >= 0.3 is 12.2 Å². The SMILES string of the molecule is CC(C)(C)OC(=O)N1CCC[C@@]2(CCOC(=O)N2)[C@@H]1COC1CCC(OCc2ccccc2)CC1. The highest BCUT2D eigenvalue weighted by Gasteiger charge is 2.50. The van der Waals surface area contributed by atoms with Crippen LogP contribution in [0.1, 0.15) is 71.3 Å². The Labute approximate surface area is 208 Å². The van der Waals surface area contributed by atoms with E-state index in [0.29, 0.717) is 32.8 Å². The molecule has 194 valence electrons. The number of nitrogens with zero attached hydrogens (tertiary/aromatic N) is 1. The van der Waals surface area contributed by atoms with Crippen LogP contribution < -0.4 is 5.32 Å². The van der Waals surface area contributed by atoms with E-state index in [-0.39, 0.29) is 24.3 Å². The first kappa shape index (κ1) is 25.8. The van der Waals surface area contributed by atoms with E-state index >= 15 is 0 Å². The molecule has 8 heteroatoms. The molecule has 1 N–H and O–H groups in total. The summed E-state index contributed by atoms with van der Waals surface area (Å²) >= 11 is 0. The quantitative estimate of drug-likeness (QED) is 0.619. The van der Waals surface area contributed by atoms with Crippen LogP contribution in [0.25, 0.3) is 0 Å². The second kappa shape index (κ2) is 11.2. The van der Waals surface area contributed by atoms with Crippen molar-refractivity contribution in [2.75, 3.05) is 19.8 Å². The fourth-order valence-corrected chi connectivity index (χ4v) is 5.42. The van der Waals surface area contributed by atoms with Gasteiger partial charge < -0.3 is 29.2 Å². The topological polar surface area (TPSA) is 86.3 Å². The van der Waals surface area contributed by atoms with E-state index in [9.17, 15) is 9.59 Å². The van der Waals surface area contributed by atoms with Crippen molar-refractivity contribution in [1.82, 2.24) is 10.2 Å². The van der Waals surface area contributed by atoms with Crippen molar-refractivity contribution in [3.8, 4) is 0 Å². The largest absolute Gasteiger partial charge is 0.449 e. The number of piperidine rings is 1. The Balaban J connectivity index is 1.35. The summed E-state index contributed by atoms with van der Waals surface area (Å²) < 4.78 is 23.4. The maximum absolute atomic E-state index is 13.1. The predicted molar refractivity (Wildman–Crippen MR) is 131 cm³/mol. The first-order valence-electron chi connectivity index (χ1n) is 13.0. The smallest absolute Gasteiger partial charge is 0.410 e. The lowest BCUT2D eigenvalue weighted by Gasteiger charge is -2.51. The van der Waals surface area contributed by atoms with E-state index < -0.39 is 17.2 Å². The van der Waals surface area contributed by atoms with Gasteiger partial charge in [0, 0.05) is 13.0 Å². The van der Waals surface area contributed by atoms with E-state index in [1.165, 1.54) is 5.56 Å². The Bertz CT molecular complexity index is 845. The van der Waals surface area contributed by atoms with Crippen molar-refractivity contribution >= 4 is 12.2 Å². The molecule has 1 saturated carbocycles. The molecule has 2 atom stereocenters. The summed E-state index contributed by atoms with van der Waals surface area (Å²) in [5, 5.41) is 3.05. The third-order valence-corrected chi connectivity index (χ3v) is 7.24. The van der Waals surface area contributed by atoms with Crippen LogP contribution in [-0.2, 0) is 25.6 Å². The number of likely N-dealkylation sites (tertiary alicyclic amines) is 1. The summed E-state index contributed by atoms with van der Waals surface area (Å²) in [6, 6.07) is 9.94. The van der Waals surface area contributed by atoms with Crippen molar-refractivity contribution < 1.29 is 28.5 Å². The zero-order valence-corrected chi connectivity index (χ0v) is 21.3. The van der Waals surface area contributed by atoms with Crippen molar-refractivity contribution in [2.24, 2.45) is 0 Å². The monoisotopic (exact) mass is 488 g/mol. The van der Waals surface area contributed by atoms with Crippen LogP contribution in [0.4, 0.5) is 9.59 Å². The Morgan fingerprint density at radius 2 is 1.77 bits per heavy atom. The minimum Gasteiger partial charge on any atom is -0.449 e. The highest BCUT2D eigenvalue weighted by atomic mass is 16.6. The van der Waals surface area contributed by atoms with E-state index in [0.717, 1.165) is 38.5 Å². The lowest BCUT2D eigenvalue weighted by molar-refractivity contribution is -0.0810. The standard InChI is InChI=1S/C27H40N2O6/c1-26(2,3)35-25(31)29-16-7-14-27(15-17-32-24(30)28-27)23(29)19-34-22-12-10-21(11-13-22)33-18-20-8-5-4-6-9-20/h4-6,8-9,21-23H,7,10-19H2,1-3H3,(H,28,30)/t21?,22?,23-,27+/m0/s1.